The zero-order valence-electron chi connectivity index (χ0n) is 10.5. The lowest BCUT2D eigenvalue weighted by Crippen LogP contribution is -2.21. The Morgan fingerprint density at radius 1 is 1.42 bits per heavy atom. The van der Waals surface area contributed by atoms with Crippen LogP contribution in [0.1, 0.15) is 16.9 Å². The van der Waals surface area contributed by atoms with E-state index >= 15 is 0 Å². The second kappa shape index (κ2) is 5.51. The van der Waals surface area contributed by atoms with Crippen LogP contribution in [0.25, 0.3) is 0 Å². The molecule has 0 radical (unpaired) electrons. The lowest BCUT2D eigenvalue weighted by molar-refractivity contribution is -0.140. The van der Waals surface area contributed by atoms with E-state index in [-0.39, 0.29) is 11.9 Å². The fourth-order valence-corrected chi connectivity index (χ4v) is 1.98. The molecule has 0 bridgehead atoms. The van der Waals surface area contributed by atoms with Gasteiger partial charge in [-0.15, -0.1) is 0 Å². The lowest BCUT2D eigenvalue weighted by atomic mass is 10.1. The number of nitrogens with one attached hydrogen (secondary N) is 2. The molecule has 1 aromatic rings. The molecular weight excluding hydrogens is 246 g/mol. The van der Waals surface area contributed by atoms with Crippen molar-refractivity contribution in [1.82, 2.24) is 10.3 Å². The van der Waals surface area contributed by atoms with Crippen LogP contribution >= 0.6 is 0 Å². The van der Waals surface area contributed by atoms with Gasteiger partial charge in [-0.3, -0.25) is 14.6 Å². The standard InChI is InChI=1S/C13H15N3O3/c1-14-12(17)11-7-10(4-5-15-11)16-9-3-2-8(6-9)13(18)19/h2-5,7-9H,6H2,1H3,(H,14,17)(H,15,16)(H,18,19). The molecular formula is C13H15N3O3. The maximum atomic E-state index is 11.5. The first kappa shape index (κ1) is 13.1. The molecule has 1 amide bonds. The molecule has 2 rings (SSSR count). The van der Waals surface area contributed by atoms with E-state index in [0.29, 0.717) is 12.1 Å². The van der Waals surface area contributed by atoms with Crippen molar-refractivity contribution >= 4 is 17.6 Å². The van der Waals surface area contributed by atoms with Gasteiger partial charge in [0.15, 0.2) is 0 Å². The smallest absolute Gasteiger partial charge is 0.310 e. The Kier molecular flexibility index (Phi) is 3.79. The minimum absolute atomic E-state index is 0.0407. The first-order chi connectivity index (χ1) is 9.10. The van der Waals surface area contributed by atoms with Crippen LogP contribution in [0.4, 0.5) is 5.69 Å². The molecule has 1 aromatic heterocycles. The molecule has 0 saturated heterocycles. The Morgan fingerprint density at radius 3 is 2.84 bits per heavy atom. The van der Waals surface area contributed by atoms with E-state index in [2.05, 4.69) is 15.6 Å². The predicted octanol–water partition coefficient (Wildman–Crippen LogP) is 0.882. The van der Waals surface area contributed by atoms with E-state index in [1.54, 1.807) is 31.5 Å². The summed E-state index contributed by atoms with van der Waals surface area (Å²) in [5.41, 5.74) is 1.07. The van der Waals surface area contributed by atoms with Crippen LogP contribution in [0, 0.1) is 5.92 Å². The van der Waals surface area contributed by atoms with Gasteiger partial charge in [0, 0.05) is 25.0 Å². The molecule has 0 aliphatic heterocycles. The fourth-order valence-electron chi connectivity index (χ4n) is 1.98. The maximum Gasteiger partial charge on any atom is 0.310 e. The average Bonchev–Trinajstić information content (AvgIpc) is 2.87. The summed E-state index contributed by atoms with van der Waals surface area (Å²) in [7, 11) is 1.54. The summed E-state index contributed by atoms with van der Waals surface area (Å²) in [5, 5.41) is 14.6. The molecule has 2 unspecified atom stereocenters. The SMILES string of the molecule is CNC(=O)c1cc(NC2C=CC(C(=O)O)C2)ccn1. The zero-order valence-corrected chi connectivity index (χ0v) is 10.5. The van der Waals surface area contributed by atoms with Gasteiger partial charge in [-0.25, -0.2) is 0 Å². The van der Waals surface area contributed by atoms with Crippen molar-refractivity contribution in [3.63, 3.8) is 0 Å². The normalized spacial score (nSPS) is 21.1. The van der Waals surface area contributed by atoms with Crippen LogP contribution in [-0.4, -0.2) is 35.1 Å². The molecule has 100 valence electrons. The summed E-state index contributed by atoms with van der Waals surface area (Å²) in [6.45, 7) is 0. The number of hydrogen-bond acceptors (Lipinski definition) is 4. The van der Waals surface area contributed by atoms with E-state index in [1.807, 2.05) is 6.08 Å². The number of anilines is 1. The largest absolute Gasteiger partial charge is 0.481 e. The number of carboxylic acid groups (broad SMARTS) is 1. The van der Waals surface area contributed by atoms with Crippen molar-refractivity contribution in [2.45, 2.75) is 12.5 Å². The minimum Gasteiger partial charge on any atom is -0.481 e. The molecule has 3 N–H and O–H groups in total. The van der Waals surface area contributed by atoms with Crippen molar-refractivity contribution < 1.29 is 14.7 Å². The summed E-state index contributed by atoms with van der Waals surface area (Å²) in [4.78, 5) is 26.3. The van der Waals surface area contributed by atoms with Crippen molar-refractivity contribution in [2.75, 3.05) is 12.4 Å². The van der Waals surface area contributed by atoms with Crippen molar-refractivity contribution in [3.05, 3.63) is 36.2 Å². The third kappa shape index (κ3) is 3.09. The Morgan fingerprint density at radius 2 is 2.21 bits per heavy atom. The van der Waals surface area contributed by atoms with Gasteiger partial charge < -0.3 is 15.7 Å². The zero-order chi connectivity index (χ0) is 13.8. The topological polar surface area (TPSA) is 91.3 Å². The summed E-state index contributed by atoms with van der Waals surface area (Å²) in [5.74, 6) is -1.52. The van der Waals surface area contributed by atoms with E-state index in [4.69, 9.17) is 5.11 Å². The van der Waals surface area contributed by atoms with Gasteiger partial charge in [-0.1, -0.05) is 12.2 Å². The molecule has 1 aliphatic carbocycles. The second-order valence-corrected chi connectivity index (χ2v) is 4.33. The first-order valence-corrected chi connectivity index (χ1v) is 5.96. The van der Waals surface area contributed by atoms with Crippen LogP contribution in [-0.2, 0) is 4.79 Å². The van der Waals surface area contributed by atoms with E-state index in [0.717, 1.165) is 5.69 Å². The van der Waals surface area contributed by atoms with Gasteiger partial charge in [-0.2, -0.15) is 0 Å². The molecule has 0 spiro atoms. The van der Waals surface area contributed by atoms with Crippen LogP contribution in [0.15, 0.2) is 30.5 Å². The third-order valence-electron chi connectivity index (χ3n) is 2.97. The monoisotopic (exact) mass is 261 g/mol. The summed E-state index contributed by atoms with van der Waals surface area (Å²) in [6, 6.07) is 3.34. The molecule has 1 heterocycles. The van der Waals surface area contributed by atoms with Gasteiger partial charge in [0.05, 0.1) is 5.92 Å². The van der Waals surface area contributed by atoms with E-state index in [9.17, 15) is 9.59 Å². The third-order valence-corrected chi connectivity index (χ3v) is 2.97. The van der Waals surface area contributed by atoms with Crippen LogP contribution < -0.4 is 10.6 Å². The highest BCUT2D eigenvalue weighted by molar-refractivity contribution is 5.92. The first-order valence-electron chi connectivity index (χ1n) is 5.96. The fraction of sp³-hybridized carbons (Fsp3) is 0.308. The van der Waals surface area contributed by atoms with Gasteiger partial charge in [0.1, 0.15) is 5.69 Å². The number of carbonyl (C=O) groups is 2. The Labute approximate surface area is 110 Å². The number of carboxylic acids is 1. The van der Waals surface area contributed by atoms with E-state index < -0.39 is 11.9 Å². The number of aromatic nitrogens is 1. The van der Waals surface area contributed by atoms with Crippen molar-refractivity contribution in [3.8, 4) is 0 Å². The van der Waals surface area contributed by atoms with E-state index in [1.165, 1.54) is 0 Å². The molecule has 6 nitrogen and oxygen atoms in total. The highest BCUT2D eigenvalue weighted by atomic mass is 16.4. The van der Waals surface area contributed by atoms with Gasteiger partial charge >= 0.3 is 5.97 Å². The van der Waals surface area contributed by atoms with Gasteiger partial charge in [-0.05, 0) is 18.6 Å². The number of amides is 1. The Hall–Kier alpha value is -2.37. The number of pyridine rings is 1. The molecule has 2 atom stereocenters. The Balaban J connectivity index is 2.03. The average molecular weight is 261 g/mol. The number of carbonyl (C=O) groups excluding carboxylic acids is 1. The summed E-state index contributed by atoms with van der Waals surface area (Å²) in [6.07, 6.45) is 5.56. The van der Waals surface area contributed by atoms with Gasteiger partial charge in [0.25, 0.3) is 5.91 Å². The number of aliphatic carboxylic acids is 1. The quantitative estimate of drug-likeness (QED) is 0.700. The van der Waals surface area contributed by atoms with Crippen molar-refractivity contribution in [2.24, 2.45) is 5.92 Å². The number of nitrogens with zero attached hydrogens (tertiary/aromatic N) is 1. The Bertz CT molecular complexity index is 528. The van der Waals surface area contributed by atoms with Crippen molar-refractivity contribution in [1.29, 1.82) is 0 Å². The summed E-state index contributed by atoms with van der Waals surface area (Å²) >= 11 is 0. The van der Waals surface area contributed by atoms with Crippen LogP contribution in [0.2, 0.25) is 0 Å². The molecule has 0 aromatic carbocycles. The number of hydrogen-bond donors (Lipinski definition) is 3. The molecule has 0 saturated carbocycles. The molecule has 0 fully saturated rings. The van der Waals surface area contributed by atoms with Crippen LogP contribution in [0.3, 0.4) is 0 Å². The summed E-state index contributed by atoms with van der Waals surface area (Å²) < 4.78 is 0. The highest BCUT2D eigenvalue weighted by Crippen LogP contribution is 2.21. The molecule has 1 aliphatic rings. The lowest BCUT2D eigenvalue weighted by Gasteiger charge is -2.13. The minimum atomic E-state index is -0.818. The predicted molar refractivity (Wildman–Crippen MR) is 69.9 cm³/mol. The highest BCUT2D eigenvalue weighted by Gasteiger charge is 2.24. The second-order valence-electron chi connectivity index (χ2n) is 4.33. The molecule has 6 heteroatoms. The van der Waals surface area contributed by atoms with Crippen LogP contribution in [0.5, 0.6) is 0 Å². The molecule has 19 heavy (non-hydrogen) atoms. The number of rotatable bonds is 4. The maximum absolute atomic E-state index is 11.5. The van der Waals surface area contributed by atoms with Gasteiger partial charge in [0.2, 0.25) is 0 Å².